The Balaban J connectivity index is 1.66. The van der Waals surface area contributed by atoms with Crippen molar-refractivity contribution < 1.29 is 14.7 Å². The van der Waals surface area contributed by atoms with E-state index in [1.165, 1.54) is 11.3 Å². The Hall–Kier alpha value is -1.73. The Morgan fingerprint density at radius 3 is 2.70 bits per heavy atom. The molecule has 0 unspecified atom stereocenters. The quantitative estimate of drug-likeness (QED) is 0.867. The molecule has 1 fully saturated rings. The Labute approximate surface area is 142 Å². The van der Waals surface area contributed by atoms with Crippen LogP contribution in [-0.2, 0) is 16.0 Å². The molecule has 0 spiro atoms. The topological polar surface area (TPSA) is 79.3 Å². The van der Waals surface area contributed by atoms with E-state index >= 15 is 0 Å². The van der Waals surface area contributed by atoms with Gasteiger partial charge in [0.15, 0.2) is 0 Å². The maximum Gasteiger partial charge on any atom is 0.329 e. The van der Waals surface area contributed by atoms with Gasteiger partial charge >= 0.3 is 5.97 Å². The molecule has 122 valence electrons. The molecule has 1 saturated carbocycles. The molecule has 0 bridgehead atoms. The van der Waals surface area contributed by atoms with Crippen molar-refractivity contribution in [3.63, 3.8) is 0 Å². The lowest BCUT2D eigenvalue weighted by Gasteiger charge is -2.33. The summed E-state index contributed by atoms with van der Waals surface area (Å²) in [5.74, 6) is -1.20. The van der Waals surface area contributed by atoms with Crippen LogP contribution in [0.5, 0.6) is 0 Å². The molecule has 5 nitrogen and oxygen atoms in total. The minimum atomic E-state index is -1.10. The number of aromatic nitrogens is 1. The van der Waals surface area contributed by atoms with Crippen LogP contribution in [0.25, 0.3) is 10.6 Å². The average molecular weight is 350 g/mol. The number of carbonyl (C=O) groups is 2. The molecule has 0 atom stereocenters. The van der Waals surface area contributed by atoms with Gasteiger partial charge in [-0.05, 0) is 24.3 Å². The molecule has 2 heterocycles. The van der Waals surface area contributed by atoms with Crippen molar-refractivity contribution in [3.8, 4) is 10.6 Å². The van der Waals surface area contributed by atoms with E-state index in [9.17, 15) is 14.7 Å². The maximum absolute atomic E-state index is 12.3. The van der Waals surface area contributed by atoms with E-state index in [1.54, 1.807) is 11.3 Å². The van der Waals surface area contributed by atoms with Crippen molar-refractivity contribution >= 4 is 34.6 Å². The summed E-state index contributed by atoms with van der Waals surface area (Å²) in [6.45, 7) is 0. The van der Waals surface area contributed by atoms with Crippen LogP contribution >= 0.6 is 22.7 Å². The highest BCUT2D eigenvalue weighted by atomic mass is 32.1. The van der Waals surface area contributed by atoms with Gasteiger partial charge in [0.25, 0.3) is 0 Å². The first-order chi connectivity index (χ1) is 11.1. The molecule has 2 N–H and O–H groups in total. The van der Waals surface area contributed by atoms with Gasteiger partial charge in [0.1, 0.15) is 10.5 Å². The Morgan fingerprint density at radius 2 is 2.04 bits per heavy atom. The number of nitrogens with zero attached hydrogens (tertiary/aromatic N) is 1. The minimum Gasteiger partial charge on any atom is -0.480 e. The highest BCUT2D eigenvalue weighted by molar-refractivity contribution is 7.14. The molecule has 3 rings (SSSR count). The van der Waals surface area contributed by atoms with E-state index in [0.29, 0.717) is 18.5 Å². The van der Waals surface area contributed by atoms with Crippen LogP contribution in [0.15, 0.2) is 22.2 Å². The van der Waals surface area contributed by atoms with Crippen LogP contribution in [0.3, 0.4) is 0 Å². The van der Waals surface area contributed by atoms with E-state index in [2.05, 4.69) is 10.3 Å². The molecule has 7 heteroatoms. The van der Waals surface area contributed by atoms with E-state index in [1.807, 2.05) is 22.2 Å². The standard InChI is InChI=1S/C16H18N2O3S2/c19-13(18-16(15(20)21)5-2-1-3-6-16)8-12-10-23-14(17-12)11-4-7-22-9-11/h4,7,9-10H,1-3,5-6,8H2,(H,18,19)(H,20,21). The molecule has 23 heavy (non-hydrogen) atoms. The van der Waals surface area contributed by atoms with Gasteiger partial charge in [0.05, 0.1) is 12.1 Å². The summed E-state index contributed by atoms with van der Waals surface area (Å²) in [6.07, 6.45) is 3.84. The fourth-order valence-electron chi connectivity index (χ4n) is 2.93. The number of amides is 1. The van der Waals surface area contributed by atoms with Gasteiger partial charge in [-0.1, -0.05) is 19.3 Å². The van der Waals surface area contributed by atoms with Crippen LogP contribution in [0.1, 0.15) is 37.8 Å². The first-order valence-corrected chi connectivity index (χ1v) is 9.43. The second kappa shape index (κ2) is 6.80. The molecule has 1 aliphatic carbocycles. The lowest BCUT2D eigenvalue weighted by Crippen LogP contribution is -2.56. The molecule has 1 amide bonds. The number of carbonyl (C=O) groups excluding carboxylic acids is 1. The average Bonchev–Trinajstić information content (AvgIpc) is 3.18. The van der Waals surface area contributed by atoms with Crippen LogP contribution in [0.4, 0.5) is 0 Å². The summed E-state index contributed by atoms with van der Waals surface area (Å²) >= 11 is 3.11. The SMILES string of the molecule is O=C(Cc1csc(-c2ccsc2)n1)NC1(C(=O)O)CCCCC1. The highest BCUT2D eigenvalue weighted by Crippen LogP contribution is 2.29. The van der Waals surface area contributed by atoms with Gasteiger partial charge in [-0.2, -0.15) is 11.3 Å². The zero-order valence-electron chi connectivity index (χ0n) is 12.6. The summed E-state index contributed by atoms with van der Waals surface area (Å²) in [7, 11) is 0. The summed E-state index contributed by atoms with van der Waals surface area (Å²) < 4.78 is 0. The summed E-state index contributed by atoms with van der Waals surface area (Å²) in [6, 6.07) is 1.99. The lowest BCUT2D eigenvalue weighted by molar-refractivity contribution is -0.149. The zero-order valence-corrected chi connectivity index (χ0v) is 14.2. The molecule has 2 aromatic heterocycles. The largest absolute Gasteiger partial charge is 0.480 e. The van der Waals surface area contributed by atoms with Crippen molar-refractivity contribution in [2.24, 2.45) is 0 Å². The molecule has 1 aliphatic rings. The number of hydrogen-bond acceptors (Lipinski definition) is 5. The van der Waals surface area contributed by atoms with E-state index in [4.69, 9.17) is 0 Å². The number of hydrogen-bond donors (Lipinski definition) is 2. The smallest absolute Gasteiger partial charge is 0.329 e. The van der Waals surface area contributed by atoms with Crippen molar-refractivity contribution in [2.75, 3.05) is 0 Å². The molecule has 0 aliphatic heterocycles. The number of thiophene rings is 1. The number of rotatable bonds is 5. The van der Waals surface area contributed by atoms with E-state index in [0.717, 1.165) is 29.8 Å². The Kier molecular flexibility index (Phi) is 4.77. The second-order valence-corrected chi connectivity index (χ2v) is 7.47. The number of carboxylic acids is 1. The third kappa shape index (κ3) is 3.61. The first kappa shape index (κ1) is 16.1. The maximum atomic E-state index is 12.3. The lowest BCUT2D eigenvalue weighted by atomic mass is 9.81. The molecule has 0 aromatic carbocycles. The van der Waals surface area contributed by atoms with E-state index < -0.39 is 11.5 Å². The van der Waals surface area contributed by atoms with Crippen LogP contribution in [-0.4, -0.2) is 27.5 Å². The predicted octanol–water partition coefficient (Wildman–Crippen LogP) is 3.32. The zero-order chi connectivity index (χ0) is 16.3. The van der Waals surface area contributed by atoms with E-state index in [-0.39, 0.29) is 12.3 Å². The number of nitrogens with one attached hydrogen (secondary N) is 1. The molecular formula is C16H18N2O3S2. The Morgan fingerprint density at radius 1 is 1.26 bits per heavy atom. The highest BCUT2D eigenvalue weighted by Gasteiger charge is 2.40. The van der Waals surface area contributed by atoms with Gasteiger partial charge < -0.3 is 10.4 Å². The molecule has 0 radical (unpaired) electrons. The van der Waals surface area contributed by atoms with Crippen molar-refractivity contribution in [1.82, 2.24) is 10.3 Å². The van der Waals surface area contributed by atoms with Crippen LogP contribution < -0.4 is 5.32 Å². The minimum absolute atomic E-state index is 0.121. The number of aliphatic carboxylic acids is 1. The fraction of sp³-hybridized carbons (Fsp3) is 0.438. The van der Waals surface area contributed by atoms with Crippen molar-refractivity contribution in [1.29, 1.82) is 0 Å². The van der Waals surface area contributed by atoms with Crippen LogP contribution in [0.2, 0.25) is 0 Å². The Bertz CT molecular complexity index is 688. The normalized spacial score (nSPS) is 16.9. The third-order valence-electron chi connectivity index (χ3n) is 4.16. The van der Waals surface area contributed by atoms with Crippen molar-refractivity contribution in [2.45, 2.75) is 44.1 Å². The van der Waals surface area contributed by atoms with Gasteiger partial charge in [-0.3, -0.25) is 4.79 Å². The molecular weight excluding hydrogens is 332 g/mol. The van der Waals surface area contributed by atoms with Gasteiger partial charge in [-0.15, -0.1) is 11.3 Å². The second-order valence-electron chi connectivity index (χ2n) is 5.83. The summed E-state index contributed by atoms with van der Waals surface area (Å²) in [5.41, 5.74) is 0.646. The summed E-state index contributed by atoms with van der Waals surface area (Å²) in [5, 5.41) is 19.0. The van der Waals surface area contributed by atoms with Crippen molar-refractivity contribution in [3.05, 3.63) is 27.9 Å². The number of thiazole rings is 1. The fourth-order valence-corrected chi connectivity index (χ4v) is 4.46. The van der Waals surface area contributed by atoms with Gasteiger partial charge in [0.2, 0.25) is 5.91 Å². The summed E-state index contributed by atoms with van der Waals surface area (Å²) in [4.78, 5) is 28.3. The third-order valence-corrected chi connectivity index (χ3v) is 5.78. The van der Waals surface area contributed by atoms with Crippen LogP contribution in [0, 0.1) is 0 Å². The first-order valence-electron chi connectivity index (χ1n) is 7.60. The monoisotopic (exact) mass is 350 g/mol. The predicted molar refractivity (Wildman–Crippen MR) is 90.7 cm³/mol. The molecule has 0 saturated heterocycles. The number of carboxylic acid groups (broad SMARTS) is 1. The van der Waals surface area contributed by atoms with Gasteiger partial charge in [-0.25, -0.2) is 9.78 Å². The molecule has 2 aromatic rings. The van der Waals surface area contributed by atoms with Gasteiger partial charge in [0, 0.05) is 16.3 Å².